The van der Waals surface area contributed by atoms with Gasteiger partial charge in [0.05, 0.1) is 11.7 Å². The molecule has 1 aliphatic heterocycles. The van der Waals surface area contributed by atoms with Crippen LogP contribution in [-0.2, 0) is 18.3 Å². The molecule has 0 N–H and O–H groups in total. The van der Waals surface area contributed by atoms with E-state index in [-0.39, 0.29) is 5.54 Å². The standard InChI is InChI=1S/C16H25N3O/c1-18-13-14(12-17-18)11-15(20)16(7-3-4-8-16)19-9-5-2-6-10-19/h12-13H,2-11H2,1H3. The number of piperidine rings is 1. The third-order valence-electron chi connectivity index (χ3n) is 5.03. The molecule has 0 amide bonds. The molecule has 4 heteroatoms. The number of nitrogens with zero attached hydrogens (tertiary/aromatic N) is 3. The number of aromatic nitrogens is 2. The lowest BCUT2D eigenvalue weighted by atomic mass is 9.85. The van der Waals surface area contributed by atoms with Crippen LogP contribution < -0.4 is 0 Å². The van der Waals surface area contributed by atoms with Gasteiger partial charge in [-0.3, -0.25) is 14.4 Å². The lowest BCUT2D eigenvalue weighted by Gasteiger charge is -2.42. The monoisotopic (exact) mass is 275 g/mol. The van der Waals surface area contributed by atoms with E-state index < -0.39 is 0 Å². The van der Waals surface area contributed by atoms with Crippen molar-refractivity contribution in [2.45, 2.75) is 56.9 Å². The first-order valence-electron chi connectivity index (χ1n) is 7.97. The summed E-state index contributed by atoms with van der Waals surface area (Å²) in [5.41, 5.74) is 0.900. The van der Waals surface area contributed by atoms with Crippen LogP contribution in [0.2, 0.25) is 0 Å². The minimum absolute atomic E-state index is 0.156. The highest BCUT2D eigenvalue weighted by molar-refractivity contribution is 5.90. The predicted octanol–water partition coefficient (Wildman–Crippen LogP) is 2.33. The molecule has 1 aromatic rings. The Hall–Kier alpha value is -1.16. The van der Waals surface area contributed by atoms with Gasteiger partial charge in [-0.2, -0.15) is 5.10 Å². The Morgan fingerprint density at radius 3 is 2.50 bits per heavy atom. The van der Waals surface area contributed by atoms with E-state index >= 15 is 0 Å². The van der Waals surface area contributed by atoms with Crippen LogP contribution in [0.1, 0.15) is 50.5 Å². The maximum Gasteiger partial charge on any atom is 0.157 e. The van der Waals surface area contributed by atoms with E-state index in [0.717, 1.165) is 31.5 Å². The minimum atomic E-state index is -0.156. The van der Waals surface area contributed by atoms with E-state index in [1.807, 2.05) is 19.4 Å². The van der Waals surface area contributed by atoms with Gasteiger partial charge in [-0.25, -0.2) is 0 Å². The van der Waals surface area contributed by atoms with Gasteiger partial charge in [-0.05, 0) is 44.3 Å². The van der Waals surface area contributed by atoms with E-state index in [0.29, 0.717) is 12.2 Å². The summed E-state index contributed by atoms with van der Waals surface area (Å²) in [7, 11) is 1.91. The molecule has 2 fully saturated rings. The molecule has 4 nitrogen and oxygen atoms in total. The summed E-state index contributed by atoms with van der Waals surface area (Å²) in [6.07, 6.45) is 12.7. The third-order valence-corrected chi connectivity index (χ3v) is 5.03. The zero-order valence-electron chi connectivity index (χ0n) is 12.5. The average molecular weight is 275 g/mol. The van der Waals surface area contributed by atoms with Crippen molar-refractivity contribution in [1.82, 2.24) is 14.7 Å². The third kappa shape index (κ3) is 2.53. The van der Waals surface area contributed by atoms with Gasteiger partial charge >= 0.3 is 0 Å². The Morgan fingerprint density at radius 1 is 1.20 bits per heavy atom. The second-order valence-corrected chi connectivity index (χ2v) is 6.41. The summed E-state index contributed by atoms with van der Waals surface area (Å²) in [5.74, 6) is 0.421. The molecule has 0 bridgehead atoms. The van der Waals surface area contributed by atoms with Gasteiger partial charge in [-0.1, -0.05) is 19.3 Å². The van der Waals surface area contributed by atoms with E-state index in [1.165, 1.54) is 32.1 Å². The van der Waals surface area contributed by atoms with E-state index in [9.17, 15) is 4.79 Å². The first kappa shape index (κ1) is 13.8. The van der Waals surface area contributed by atoms with Crippen LogP contribution >= 0.6 is 0 Å². The average Bonchev–Trinajstić information content (AvgIpc) is 3.10. The van der Waals surface area contributed by atoms with Crippen molar-refractivity contribution in [3.8, 4) is 0 Å². The molecule has 0 atom stereocenters. The maximum absolute atomic E-state index is 13.0. The van der Waals surface area contributed by atoms with Gasteiger partial charge in [0.15, 0.2) is 5.78 Å². The molecule has 2 heterocycles. The first-order valence-corrected chi connectivity index (χ1v) is 7.97. The van der Waals surface area contributed by atoms with Crippen molar-refractivity contribution in [3.05, 3.63) is 18.0 Å². The van der Waals surface area contributed by atoms with Gasteiger partial charge in [-0.15, -0.1) is 0 Å². The number of likely N-dealkylation sites (tertiary alicyclic amines) is 1. The Balaban J connectivity index is 1.76. The van der Waals surface area contributed by atoms with Crippen LogP contribution in [0.25, 0.3) is 0 Å². The van der Waals surface area contributed by atoms with Crippen LogP contribution in [0.3, 0.4) is 0 Å². The molecule has 0 aromatic carbocycles. The minimum Gasteiger partial charge on any atom is -0.297 e. The fraction of sp³-hybridized carbons (Fsp3) is 0.750. The number of Topliss-reactive ketones (excluding diaryl/α,β-unsaturated/α-hetero) is 1. The van der Waals surface area contributed by atoms with E-state index in [2.05, 4.69) is 10.00 Å². The predicted molar refractivity (Wildman–Crippen MR) is 78.5 cm³/mol. The van der Waals surface area contributed by atoms with Crippen LogP contribution in [0.15, 0.2) is 12.4 Å². The molecule has 1 aromatic heterocycles. The lowest BCUT2D eigenvalue weighted by molar-refractivity contribution is -0.131. The van der Waals surface area contributed by atoms with Gasteiger partial charge in [0.1, 0.15) is 0 Å². The van der Waals surface area contributed by atoms with Gasteiger partial charge < -0.3 is 0 Å². The fourth-order valence-corrected chi connectivity index (χ4v) is 3.97. The second kappa shape index (κ2) is 5.68. The number of aryl methyl sites for hydroxylation is 1. The van der Waals surface area contributed by atoms with Crippen molar-refractivity contribution in [1.29, 1.82) is 0 Å². The van der Waals surface area contributed by atoms with Crippen molar-refractivity contribution in [2.24, 2.45) is 7.05 Å². The topological polar surface area (TPSA) is 38.1 Å². The molecule has 0 radical (unpaired) electrons. The summed E-state index contributed by atoms with van der Waals surface area (Å²) >= 11 is 0. The molecule has 1 aliphatic carbocycles. The van der Waals surface area contributed by atoms with Gasteiger partial charge in [0.25, 0.3) is 0 Å². The fourth-order valence-electron chi connectivity index (χ4n) is 3.97. The molecule has 2 aliphatic rings. The molecule has 20 heavy (non-hydrogen) atoms. The molecule has 1 saturated carbocycles. The van der Waals surface area contributed by atoms with Crippen LogP contribution in [-0.4, -0.2) is 39.1 Å². The van der Waals surface area contributed by atoms with Gasteiger partial charge in [0.2, 0.25) is 0 Å². The van der Waals surface area contributed by atoms with E-state index in [4.69, 9.17) is 0 Å². The Morgan fingerprint density at radius 2 is 1.90 bits per heavy atom. The zero-order chi connectivity index (χ0) is 14.0. The van der Waals surface area contributed by atoms with Crippen molar-refractivity contribution in [3.63, 3.8) is 0 Å². The first-order chi connectivity index (χ1) is 9.71. The second-order valence-electron chi connectivity index (χ2n) is 6.41. The molecular formula is C16H25N3O. The Bertz CT molecular complexity index is 468. The summed E-state index contributed by atoms with van der Waals surface area (Å²) in [6.45, 7) is 2.22. The summed E-state index contributed by atoms with van der Waals surface area (Å²) in [4.78, 5) is 15.5. The normalized spacial score (nSPS) is 23.1. The molecule has 1 saturated heterocycles. The maximum atomic E-state index is 13.0. The van der Waals surface area contributed by atoms with E-state index in [1.54, 1.807) is 4.68 Å². The van der Waals surface area contributed by atoms with Gasteiger partial charge in [0, 0.05) is 19.7 Å². The van der Waals surface area contributed by atoms with Crippen molar-refractivity contribution < 1.29 is 4.79 Å². The van der Waals surface area contributed by atoms with Crippen LogP contribution in [0.4, 0.5) is 0 Å². The highest BCUT2D eigenvalue weighted by Crippen LogP contribution is 2.38. The SMILES string of the molecule is Cn1cc(CC(=O)C2(N3CCCCC3)CCCC2)cn1. The molecule has 110 valence electrons. The number of carbonyl (C=O) groups excluding carboxylic acids is 1. The lowest BCUT2D eigenvalue weighted by Crippen LogP contribution is -2.55. The zero-order valence-corrected chi connectivity index (χ0v) is 12.5. The number of hydrogen-bond acceptors (Lipinski definition) is 3. The molecule has 0 unspecified atom stereocenters. The number of rotatable bonds is 4. The molecule has 0 spiro atoms. The summed E-state index contributed by atoms with van der Waals surface area (Å²) in [6, 6.07) is 0. The largest absolute Gasteiger partial charge is 0.297 e. The number of hydrogen-bond donors (Lipinski definition) is 0. The molecular weight excluding hydrogens is 250 g/mol. The smallest absolute Gasteiger partial charge is 0.157 e. The molecule has 3 rings (SSSR count). The quantitative estimate of drug-likeness (QED) is 0.846. The summed E-state index contributed by atoms with van der Waals surface area (Å²) in [5, 5.41) is 4.18. The Labute approximate surface area is 121 Å². The van der Waals surface area contributed by atoms with Crippen LogP contribution in [0.5, 0.6) is 0 Å². The van der Waals surface area contributed by atoms with Crippen molar-refractivity contribution in [2.75, 3.05) is 13.1 Å². The number of ketones is 1. The Kier molecular flexibility index (Phi) is 3.92. The summed E-state index contributed by atoms with van der Waals surface area (Å²) < 4.78 is 1.78. The highest BCUT2D eigenvalue weighted by Gasteiger charge is 2.45. The van der Waals surface area contributed by atoms with Crippen molar-refractivity contribution >= 4 is 5.78 Å². The highest BCUT2D eigenvalue weighted by atomic mass is 16.1. The van der Waals surface area contributed by atoms with Crippen LogP contribution in [0, 0.1) is 0 Å². The number of carbonyl (C=O) groups is 1.